The third-order valence-electron chi connectivity index (χ3n) is 5.62. The van der Waals surface area contributed by atoms with E-state index < -0.39 is 0 Å². The van der Waals surface area contributed by atoms with Crippen molar-refractivity contribution in [3.8, 4) is 5.75 Å². The molecule has 1 amide bonds. The Labute approximate surface area is 165 Å². The van der Waals surface area contributed by atoms with E-state index in [1.165, 1.54) is 44.5 Å². The Kier molecular flexibility index (Phi) is 5.91. The maximum absolute atomic E-state index is 13.4. The Hall–Kier alpha value is -2.40. The van der Waals surface area contributed by atoms with E-state index in [-0.39, 0.29) is 11.7 Å². The number of nitrogens with zero attached hydrogens (tertiary/aromatic N) is 2. The Morgan fingerprint density at radius 1 is 1.00 bits per heavy atom. The molecule has 2 aliphatic rings. The summed E-state index contributed by atoms with van der Waals surface area (Å²) in [6.45, 7) is 4.79. The van der Waals surface area contributed by atoms with Crippen LogP contribution in [0.3, 0.4) is 0 Å². The van der Waals surface area contributed by atoms with Gasteiger partial charge in [0.15, 0.2) is 0 Å². The van der Waals surface area contributed by atoms with Gasteiger partial charge in [-0.05, 0) is 86.8 Å². The average molecular weight is 382 g/mol. The van der Waals surface area contributed by atoms with Crippen LogP contribution in [0.15, 0.2) is 42.5 Å². The van der Waals surface area contributed by atoms with E-state index in [1.807, 2.05) is 24.3 Å². The number of rotatable bonds is 6. The molecular weight excluding hydrogens is 355 g/mol. The van der Waals surface area contributed by atoms with Crippen molar-refractivity contribution >= 4 is 11.6 Å². The van der Waals surface area contributed by atoms with Gasteiger partial charge in [-0.1, -0.05) is 6.42 Å². The molecule has 4 nitrogen and oxygen atoms in total. The van der Waals surface area contributed by atoms with E-state index in [9.17, 15) is 9.18 Å². The van der Waals surface area contributed by atoms with Gasteiger partial charge < -0.3 is 14.5 Å². The number of hydrogen-bond acceptors (Lipinski definition) is 3. The lowest BCUT2D eigenvalue weighted by Gasteiger charge is -2.26. The fourth-order valence-electron chi connectivity index (χ4n) is 4.09. The molecule has 148 valence electrons. The minimum absolute atomic E-state index is 0.0537. The zero-order chi connectivity index (χ0) is 19.3. The molecule has 0 atom stereocenters. The smallest absolute Gasteiger partial charge is 0.258 e. The van der Waals surface area contributed by atoms with Gasteiger partial charge >= 0.3 is 0 Å². The lowest BCUT2D eigenvalue weighted by atomic mass is 10.1. The highest BCUT2D eigenvalue weighted by Gasteiger charge is 2.25. The summed E-state index contributed by atoms with van der Waals surface area (Å²) in [6, 6.07) is 11.9. The fourth-order valence-corrected chi connectivity index (χ4v) is 4.09. The largest absolute Gasteiger partial charge is 0.494 e. The molecule has 5 heteroatoms. The van der Waals surface area contributed by atoms with Gasteiger partial charge in [0.05, 0.1) is 6.61 Å². The van der Waals surface area contributed by atoms with Crippen LogP contribution < -0.4 is 9.64 Å². The van der Waals surface area contributed by atoms with Crippen LogP contribution in [0.25, 0.3) is 0 Å². The van der Waals surface area contributed by atoms with Crippen molar-refractivity contribution in [3.05, 3.63) is 59.4 Å². The van der Waals surface area contributed by atoms with Gasteiger partial charge in [-0.2, -0.15) is 0 Å². The van der Waals surface area contributed by atoms with Crippen molar-refractivity contribution in [1.29, 1.82) is 0 Å². The van der Waals surface area contributed by atoms with Crippen LogP contribution in [0.2, 0.25) is 0 Å². The summed E-state index contributed by atoms with van der Waals surface area (Å²) in [7, 11) is 0. The number of benzene rings is 2. The first-order valence-electron chi connectivity index (χ1n) is 10.3. The van der Waals surface area contributed by atoms with Gasteiger partial charge in [0.2, 0.25) is 0 Å². The molecule has 0 unspecified atom stereocenters. The zero-order valence-corrected chi connectivity index (χ0v) is 16.2. The second-order valence-electron chi connectivity index (χ2n) is 7.61. The van der Waals surface area contributed by atoms with E-state index in [1.54, 1.807) is 11.0 Å². The number of hydrogen-bond donors (Lipinski definition) is 0. The van der Waals surface area contributed by atoms with Crippen LogP contribution >= 0.6 is 0 Å². The quantitative estimate of drug-likeness (QED) is 0.699. The maximum Gasteiger partial charge on any atom is 0.258 e. The molecule has 2 aliphatic heterocycles. The summed E-state index contributed by atoms with van der Waals surface area (Å²) < 4.78 is 19.2. The molecule has 2 aromatic carbocycles. The van der Waals surface area contributed by atoms with Gasteiger partial charge in [0.1, 0.15) is 11.6 Å². The third-order valence-corrected chi connectivity index (χ3v) is 5.62. The van der Waals surface area contributed by atoms with Crippen molar-refractivity contribution in [2.24, 2.45) is 0 Å². The first-order valence-corrected chi connectivity index (χ1v) is 10.3. The van der Waals surface area contributed by atoms with E-state index in [0.717, 1.165) is 30.0 Å². The molecule has 0 bridgehead atoms. The van der Waals surface area contributed by atoms with E-state index in [4.69, 9.17) is 4.74 Å². The second-order valence-corrected chi connectivity index (χ2v) is 7.61. The minimum atomic E-state index is -0.255. The molecule has 4 rings (SSSR count). The maximum atomic E-state index is 13.4. The Morgan fingerprint density at radius 3 is 2.57 bits per heavy atom. The summed E-state index contributed by atoms with van der Waals surface area (Å²) in [5, 5.41) is 0. The van der Waals surface area contributed by atoms with E-state index >= 15 is 0 Å². The first kappa shape index (κ1) is 18.9. The molecule has 28 heavy (non-hydrogen) atoms. The van der Waals surface area contributed by atoms with Crippen molar-refractivity contribution in [3.63, 3.8) is 0 Å². The Morgan fingerprint density at radius 2 is 1.79 bits per heavy atom. The standard InChI is InChI=1S/C23H27FN2O2/c24-20-7-10-22-19(17-20)11-15-26(22)23(27)18-5-8-21(9-6-18)28-16-4-14-25-12-2-1-3-13-25/h5-10,17H,1-4,11-16H2. The van der Waals surface area contributed by atoms with Gasteiger partial charge in [0.25, 0.3) is 5.91 Å². The topological polar surface area (TPSA) is 32.8 Å². The SMILES string of the molecule is O=C(c1ccc(OCCCN2CCCCC2)cc1)N1CCc2cc(F)ccc21. The number of anilines is 1. The van der Waals surface area contributed by atoms with Crippen LogP contribution in [0, 0.1) is 5.82 Å². The molecule has 2 heterocycles. The number of ether oxygens (including phenoxy) is 1. The highest BCUT2D eigenvalue weighted by atomic mass is 19.1. The van der Waals surface area contributed by atoms with Gasteiger partial charge in [0, 0.05) is 24.3 Å². The van der Waals surface area contributed by atoms with Gasteiger partial charge in [-0.3, -0.25) is 4.79 Å². The van der Waals surface area contributed by atoms with Crippen molar-refractivity contribution in [2.75, 3.05) is 37.7 Å². The Balaban J connectivity index is 1.29. The number of carbonyl (C=O) groups is 1. The predicted molar refractivity (Wildman–Crippen MR) is 109 cm³/mol. The average Bonchev–Trinajstić information content (AvgIpc) is 3.15. The van der Waals surface area contributed by atoms with Crippen LogP contribution in [-0.2, 0) is 6.42 Å². The number of amides is 1. The zero-order valence-electron chi connectivity index (χ0n) is 16.2. The second kappa shape index (κ2) is 8.74. The molecule has 2 aromatic rings. The molecule has 0 N–H and O–H groups in total. The number of piperidine rings is 1. The van der Waals surface area contributed by atoms with Crippen LogP contribution in [-0.4, -0.2) is 43.6 Å². The summed E-state index contributed by atoms with van der Waals surface area (Å²) in [6.07, 6.45) is 5.69. The minimum Gasteiger partial charge on any atom is -0.494 e. The van der Waals surface area contributed by atoms with Crippen molar-refractivity contribution in [2.45, 2.75) is 32.1 Å². The normalized spacial score (nSPS) is 16.8. The first-order chi connectivity index (χ1) is 13.7. The van der Waals surface area contributed by atoms with Gasteiger partial charge in [-0.25, -0.2) is 4.39 Å². The van der Waals surface area contributed by atoms with Crippen LogP contribution in [0.5, 0.6) is 5.75 Å². The fraction of sp³-hybridized carbons (Fsp3) is 0.435. The third kappa shape index (κ3) is 4.36. The molecule has 1 saturated heterocycles. The van der Waals surface area contributed by atoms with E-state index in [2.05, 4.69) is 4.90 Å². The molecule has 0 spiro atoms. The highest BCUT2D eigenvalue weighted by molar-refractivity contribution is 6.07. The Bertz CT molecular complexity index is 816. The monoisotopic (exact) mass is 382 g/mol. The lowest BCUT2D eigenvalue weighted by Crippen LogP contribution is -2.31. The summed E-state index contributed by atoms with van der Waals surface area (Å²) in [5.41, 5.74) is 2.32. The molecule has 0 aromatic heterocycles. The molecule has 1 fully saturated rings. The number of halogens is 1. The van der Waals surface area contributed by atoms with Crippen LogP contribution in [0.4, 0.5) is 10.1 Å². The summed E-state index contributed by atoms with van der Waals surface area (Å²) in [5.74, 6) is 0.482. The predicted octanol–water partition coefficient (Wildman–Crippen LogP) is 4.28. The number of likely N-dealkylation sites (tertiary alicyclic amines) is 1. The highest BCUT2D eigenvalue weighted by Crippen LogP contribution is 2.30. The summed E-state index contributed by atoms with van der Waals surface area (Å²) in [4.78, 5) is 17.1. The van der Waals surface area contributed by atoms with Crippen LogP contribution in [0.1, 0.15) is 41.6 Å². The summed E-state index contributed by atoms with van der Waals surface area (Å²) >= 11 is 0. The van der Waals surface area contributed by atoms with Crippen molar-refractivity contribution in [1.82, 2.24) is 4.90 Å². The van der Waals surface area contributed by atoms with Gasteiger partial charge in [-0.15, -0.1) is 0 Å². The van der Waals surface area contributed by atoms with E-state index in [0.29, 0.717) is 25.1 Å². The number of carbonyl (C=O) groups excluding carboxylic acids is 1. The lowest BCUT2D eigenvalue weighted by molar-refractivity contribution is 0.0989. The molecule has 0 saturated carbocycles. The molecule has 0 radical (unpaired) electrons. The molecule has 0 aliphatic carbocycles. The van der Waals surface area contributed by atoms with Crippen molar-refractivity contribution < 1.29 is 13.9 Å². The molecular formula is C23H27FN2O2. The number of fused-ring (bicyclic) bond motifs is 1.